The molecule has 1 aliphatic rings. The lowest BCUT2D eigenvalue weighted by molar-refractivity contribution is 0.0978. The standard InChI is InChI=1S/C20H10O4/c21-13-9-15-16(12-7-3-4-8-14(12)24-15)18-17(13)19(22)10-5-1-2-6-11(10)20(18)23/h1-9,21H. The molecule has 4 aromatic rings. The van der Waals surface area contributed by atoms with Crippen molar-refractivity contribution < 1.29 is 19.1 Å². The van der Waals surface area contributed by atoms with E-state index >= 15 is 0 Å². The van der Waals surface area contributed by atoms with Crippen LogP contribution in [0.15, 0.2) is 59.0 Å². The van der Waals surface area contributed by atoms with Gasteiger partial charge in [-0.1, -0.05) is 42.5 Å². The predicted molar refractivity (Wildman–Crippen MR) is 88.7 cm³/mol. The van der Waals surface area contributed by atoms with Gasteiger partial charge in [-0.15, -0.1) is 0 Å². The Morgan fingerprint density at radius 2 is 1.38 bits per heavy atom. The number of ketones is 2. The molecule has 0 unspecified atom stereocenters. The number of benzene rings is 3. The van der Waals surface area contributed by atoms with Crippen LogP contribution in [0, 0.1) is 0 Å². The molecule has 0 saturated carbocycles. The molecule has 4 heteroatoms. The highest BCUT2D eigenvalue weighted by Crippen LogP contribution is 2.41. The summed E-state index contributed by atoms with van der Waals surface area (Å²) in [7, 11) is 0. The van der Waals surface area contributed by atoms with Crippen LogP contribution in [-0.4, -0.2) is 16.7 Å². The molecular weight excluding hydrogens is 304 g/mol. The largest absolute Gasteiger partial charge is 0.507 e. The molecule has 3 aromatic carbocycles. The quantitative estimate of drug-likeness (QED) is 0.468. The summed E-state index contributed by atoms with van der Waals surface area (Å²) in [5.74, 6) is -0.845. The van der Waals surface area contributed by atoms with Crippen molar-refractivity contribution >= 4 is 33.5 Å². The molecule has 0 bridgehead atoms. The normalized spacial score (nSPS) is 13.3. The van der Waals surface area contributed by atoms with Crippen LogP contribution in [0.1, 0.15) is 31.8 Å². The highest BCUT2D eigenvalue weighted by atomic mass is 16.3. The molecule has 0 spiro atoms. The van der Waals surface area contributed by atoms with Crippen molar-refractivity contribution in [3.05, 3.63) is 76.9 Å². The summed E-state index contributed by atoms with van der Waals surface area (Å²) in [6, 6.07) is 15.4. The zero-order chi connectivity index (χ0) is 16.4. The van der Waals surface area contributed by atoms with Crippen LogP contribution >= 0.6 is 0 Å². The average molecular weight is 314 g/mol. The Bertz CT molecular complexity index is 1200. The summed E-state index contributed by atoms with van der Waals surface area (Å²) in [6.07, 6.45) is 0. The van der Waals surface area contributed by atoms with Gasteiger partial charge in [-0.25, -0.2) is 0 Å². The third kappa shape index (κ3) is 1.47. The monoisotopic (exact) mass is 314 g/mol. The number of fused-ring (bicyclic) bond motifs is 6. The van der Waals surface area contributed by atoms with Crippen LogP contribution < -0.4 is 0 Å². The van der Waals surface area contributed by atoms with E-state index in [1.54, 1.807) is 30.3 Å². The number of furan rings is 1. The molecule has 1 aliphatic carbocycles. The number of para-hydroxylation sites is 1. The van der Waals surface area contributed by atoms with E-state index in [2.05, 4.69) is 0 Å². The molecular formula is C20H10O4. The first kappa shape index (κ1) is 13.1. The maximum absolute atomic E-state index is 13.1. The van der Waals surface area contributed by atoms with Gasteiger partial charge in [-0.05, 0) is 6.07 Å². The van der Waals surface area contributed by atoms with Crippen LogP contribution in [0.3, 0.4) is 0 Å². The SMILES string of the molecule is O=C1c2ccccc2C(=O)c2c1c(O)cc1oc3ccccc3c21. The summed E-state index contributed by atoms with van der Waals surface area (Å²) in [4.78, 5) is 25.9. The van der Waals surface area contributed by atoms with Gasteiger partial charge in [0.05, 0.1) is 5.56 Å². The maximum Gasteiger partial charge on any atom is 0.198 e. The van der Waals surface area contributed by atoms with E-state index < -0.39 is 0 Å². The van der Waals surface area contributed by atoms with E-state index in [9.17, 15) is 14.7 Å². The molecule has 0 fully saturated rings. The Kier molecular flexibility index (Phi) is 2.36. The van der Waals surface area contributed by atoms with Gasteiger partial charge in [0.15, 0.2) is 11.6 Å². The van der Waals surface area contributed by atoms with Gasteiger partial charge < -0.3 is 9.52 Å². The van der Waals surface area contributed by atoms with E-state index in [0.29, 0.717) is 27.7 Å². The van der Waals surface area contributed by atoms with Crippen LogP contribution in [0.5, 0.6) is 5.75 Å². The van der Waals surface area contributed by atoms with Gasteiger partial charge in [0.25, 0.3) is 0 Å². The Morgan fingerprint density at radius 3 is 2.12 bits per heavy atom. The number of aromatic hydroxyl groups is 1. The van der Waals surface area contributed by atoms with Crippen molar-refractivity contribution in [2.45, 2.75) is 0 Å². The molecule has 1 N–H and O–H groups in total. The molecule has 0 saturated heterocycles. The summed E-state index contributed by atoms with van der Waals surface area (Å²) >= 11 is 0. The second-order valence-corrected chi connectivity index (χ2v) is 5.82. The van der Waals surface area contributed by atoms with Crippen LogP contribution in [0.2, 0.25) is 0 Å². The van der Waals surface area contributed by atoms with Crippen molar-refractivity contribution in [3.63, 3.8) is 0 Å². The van der Waals surface area contributed by atoms with Gasteiger partial charge in [0.1, 0.15) is 16.9 Å². The topological polar surface area (TPSA) is 67.5 Å². The minimum Gasteiger partial charge on any atom is -0.507 e. The summed E-state index contributed by atoms with van der Waals surface area (Å²) in [5, 5.41) is 11.7. The summed E-state index contributed by atoms with van der Waals surface area (Å²) < 4.78 is 5.75. The lowest BCUT2D eigenvalue weighted by Gasteiger charge is -2.18. The van der Waals surface area contributed by atoms with Crippen molar-refractivity contribution in [2.75, 3.05) is 0 Å². The molecule has 4 nitrogen and oxygen atoms in total. The lowest BCUT2D eigenvalue weighted by Crippen LogP contribution is -2.21. The van der Waals surface area contributed by atoms with E-state index in [4.69, 9.17) is 4.42 Å². The van der Waals surface area contributed by atoms with Gasteiger partial charge in [-0.2, -0.15) is 0 Å². The smallest absolute Gasteiger partial charge is 0.198 e. The van der Waals surface area contributed by atoms with Gasteiger partial charge >= 0.3 is 0 Å². The molecule has 1 aromatic heterocycles. The number of phenolic OH excluding ortho intramolecular Hbond substituents is 1. The number of rotatable bonds is 0. The minimum absolute atomic E-state index is 0.0535. The number of hydrogen-bond acceptors (Lipinski definition) is 4. The molecule has 0 radical (unpaired) electrons. The molecule has 1 heterocycles. The van der Waals surface area contributed by atoms with Gasteiger partial charge in [0.2, 0.25) is 0 Å². The minimum atomic E-state index is -0.343. The van der Waals surface area contributed by atoms with Crippen LogP contribution in [0.25, 0.3) is 21.9 Å². The van der Waals surface area contributed by atoms with Crippen molar-refractivity contribution in [1.82, 2.24) is 0 Å². The van der Waals surface area contributed by atoms with Crippen molar-refractivity contribution in [3.8, 4) is 5.75 Å². The molecule has 24 heavy (non-hydrogen) atoms. The first-order chi connectivity index (χ1) is 11.7. The zero-order valence-corrected chi connectivity index (χ0v) is 12.4. The van der Waals surface area contributed by atoms with Crippen molar-refractivity contribution in [2.24, 2.45) is 0 Å². The second kappa shape index (κ2) is 4.32. The molecule has 0 atom stereocenters. The average Bonchev–Trinajstić information content (AvgIpc) is 2.96. The Hall–Kier alpha value is -3.40. The lowest BCUT2D eigenvalue weighted by atomic mass is 9.81. The molecule has 5 rings (SSSR count). The number of carbonyl (C=O) groups excluding carboxylic acids is 2. The fourth-order valence-corrected chi connectivity index (χ4v) is 3.48. The zero-order valence-electron chi connectivity index (χ0n) is 12.4. The number of hydrogen-bond donors (Lipinski definition) is 1. The number of phenols is 1. The first-order valence-corrected chi connectivity index (χ1v) is 7.52. The van der Waals surface area contributed by atoms with E-state index in [1.165, 1.54) is 6.07 Å². The third-order valence-corrected chi connectivity index (χ3v) is 4.52. The Morgan fingerprint density at radius 1 is 0.750 bits per heavy atom. The maximum atomic E-state index is 13.1. The summed E-state index contributed by atoms with van der Waals surface area (Å²) in [5.41, 5.74) is 1.95. The highest BCUT2D eigenvalue weighted by molar-refractivity contribution is 6.35. The van der Waals surface area contributed by atoms with Crippen molar-refractivity contribution in [1.29, 1.82) is 0 Å². The summed E-state index contributed by atoms with van der Waals surface area (Å²) in [6.45, 7) is 0. The van der Waals surface area contributed by atoms with Crippen LogP contribution in [0.4, 0.5) is 0 Å². The fourth-order valence-electron chi connectivity index (χ4n) is 3.48. The Balaban J connectivity index is 2.01. The molecule has 0 aliphatic heterocycles. The van der Waals surface area contributed by atoms with E-state index in [1.807, 2.05) is 18.2 Å². The second-order valence-electron chi connectivity index (χ2n) is 5.82. The van der Waals surface area contributed by atoms with Gasteiger partial charge in [0, 0.05) is 33.5 Å². The van der Waals surface area contributed by atoms with Gasteiger partial charge in [-0.3, -0.25) is 9.59 Å². The van der Waals surface area contributed by atoms with Crippen LogP contribution in [-0.2, 0) is 0 Å². The molecule has 114 valence electrons. The molecule has 0 amide bonds. The third-order valence-electron chi connectivity index (χ3n) is 4.52. The number of carbonyl (C=O) groups is 2. The highest BCUT2D eigenvalue weighted by Gasteiger charge is 2.35. The first-order valence-electron chi connectivity index (χ1n) is 7.52. The van der Waals surface area contributed by atoms with E-state index in [0.717, 1.165) is 5.39 Å². The van der Waals surface area contributed by atoms with E-state index in [-0.39, 0.29) is 28.4 Å². The predicted octanol–water partition coefficient (Wildman–Crippen LogP) is 4.07. The fraction of sp³-hybridized carbons (Fsp3) is 0. The Labute approximate surface area is 135 Å².